The first-order valence-electron chi connectivity index (χ1n) is 11.0. The van der Waals surface area contributed by atoms with Crippen molar-refractivity contribution >= 4 is 17.2 Å². The van der Waals surface area contributed by atoms with E-state index in [0.29, 0.717) is 35.2 Å². The van der Waals surface area contributed by atoms with Gasteiger partial charge in [-0.15, -0.1) is 11.3 Å². The summed E-state index contributed by atoms with van der Waals surface area (Å²) in [6, 6.07) is 11.9. The van der Waals surface area contributed by atoms with E-state index >= 15 is 0 Å². The van der Waals surface area contributed by atoms with Gasteiger partial charge in [-0.05, 0) is 56.0 Å². The first-order chi connectivity index (χ1) is 16.1. The van der Waals surface area contributed by atoms with Crippen LogP contribution in [0.5, 0.6) is 0 Å². The fourth-order valence-electron chi connectivity index (χ4n) is 4.16. The van der Waals surface area contributed by atoms with Crippen molar-refractivity contribution in [1.82, 2.24) is 19.9 Å². The third kappa shape index (κ3) is 4.57. The first-order valence-corrected chi connectivity index (χ1v) is 11.8. The second kappa shape index (κ2) is 9.23. The molecule has 0 aliphatic carbocycles. The topological polar surface area (TPSA) is 72.1 Å². The molecular weight excluding hydrogens is 439 g/mol. The molecule has 0 spiro atoms. The quantitative estimate of drug-likeness (QED) is 0.386. The van der Waals surface area contributed by atoms with Gasteiger partial charge in [0, 0.05) is 19.2 Å². The zero-order chi connectivity index (χ0) is 22.8. The molecule has 168 valence electrons. The largest absolute Gasteiger partial charge is 0.443 e. The number of carbonyl (C=O) groups is 1. The van der Waals surface area contributed by atoms with E-state index in [-0.39, 0.29) is 17.8 Å². The highest BCUT2D eigenvalue weighted by Crippen LogP contribution is 2.35. The van der Waals surface area contributed by atoms with E-state index in [4.69, 9.17) is 4.42 Å². The molecule has 4 aromatic rings. The molecule has 33 heavy (non-hydrogen) atoms. The van der Waals surface area contributed by atoms with Crippen LogP contribution in [0.2, 0.25) is 0 Å². The minimum atomic E-state index is -0.277. The first kappa shape index (κ1) is 21.5. The number of thiazole rings is 1. The van der Waals surface area contributed by atoms with Crippen LogP contribution in [0.15, 0.2) is 59.3 Å². The van der Waals surface area contributed by atoms with Crippen molar-refractivity contribution in [1.29, 1.82) is 0 Å². The molecule has 0 N–H and O–H groups in total. The third-order valence-electron chi connectivity index (χ3n) is 5.76. The van der Waals surface area contributed by atoms with Crippen LogP contribution in [0, 0.1) is 12.7 Å². The number of rotatable bonds is 5. The molecule has 4 heterocycles. The van der Waals surface area contributed by atoms with E-state index in [0.717, 1.165) is 35.5 Å². The van der Waals surface area contributed by atoms with Gasteiger partial charge in [0.15, 0.2) is 0 Å². The van der Waals surface area contributed by atoms with Crippen LogP contribution in [0.4, 0.5) is 4.39 Å². The number of aryl methyl sites for hydroxylation is 1. The van der Waals surface area contributed by atoms with Gasteiger partial charge in [-0.2, -0.15) is 0 Å². The summed E-state index contributed by atoms with van der Waals surface area (Å²) in [6.45, 7) is 2.50. The fraction of sp³-hybridized carbons (Fsp3) is 0.280. The van der Waals surface area contributed by atoms with Crippen molar-refractivity contribution in [3.05, 3.63) is 88.5 Å². The smallest absolute Gasteiger partial charge is 0.266 e. The van der Waals surface area contributed by atoms with Crippen molar-refractivity contribution in [2.75, 3.05) is 6.54 Å². The Hall–Kier alpha value is -3.39. The summed E-state index contributed by atoms with van der Waals surface area (Å²) < 4.78 is 19.5. The number of hydrogen-bond donors (Lipinski definition) is 0. The SMILES string of the molecule is Cc1nc(-c2ccccn2)sc1C(=O)N1CCCC[C@@H]1c1ncc(Cc2cccc(F)c2)o1. The fourth-order valence-corrected chi connectivity index (χ4v) is 5.16. The molecule has 0 saturated carbocycles. The number of aromatic nitrogens is 3. The Balaban J connectivity index is 1.38. The highest BCUT2D eigenvalue weighted by molar-refractivity contribution is 7.17. The summed E-state index contributed by atoms with van der Waals surface area (Å²) in [6.07, 6.45) is 6.57. The maximum atomic E-state index is 13.5. The molecule has 0 bridgehead atoms. The summed E-state index contributed by atoms with van der Waals surface area (Å²) in [5.74, 6) is 0.851. The summed E-state index contributed by atoms with van der Waals surface area (Å²) in [7, 11) is 0. The Bertz CT molecular complexity index is 1270. The van der Waals surface area contributed by atoms with Crippen LogP contribution in [-0.4, -0.2) is 32.3 Å². The Kier molecular flexibility index (Phi) is 6.00. The summed E-state index contributed by atoms with van der Waals surface area (Å²) >= 11 is 1.37. The number of carbonyl (C=O) groups excluding carboxylic acids is 1. The lowest BCUT2D eigenvalue weighted by Gasteiger charge is -2.33. The second-order valence-corrected chi connectivity index (χ2v) is 9.13. The molecule has 6 nitrogen and oxygen atoms in total. The van der Waals surface area contributed by atoms with Crippen molar-refractivity contribution in [2.45, 2.75) is 38.6 Å². The lowest BCUT2D eigenvalue weighted by molar-refractivity contribution is 0.0574. The van der Waals surface area contributed by atoms with Crippen LogP contribution in [0.25, 0.3) is 10.7 Å². The van der Waals surface area contributed by atoms with Gasteiger partial charge in [0.2, 0.25) is 5.89 Å². The number of oxazole rings is 1. The zero-order valence-electron chi connectivity index (χ0n) is 18.2. The zero-order valence-corrected chi connectivity index (χ0v) is 19.0. The van der Waals surface area contributed by atoms with E-state index in [1.54, 1.807) is 18.5 Å². The predicted octanol–water partition coefficient (Wildman–Crippen LogP) is 5.60. The number of nitrogens with zero attached hydrogens (tertiary/aromatic N) is 4. The standard InChI is InChI=1S/C25H23FN4O2S/c1-16-22(33-24(29-16)20-9-2-4-11-27-20)25(31)30-12-5-3-10-21(30)23-28-15-19(32-23)14-17-7-6-8-18(26)13-17/h2,4,6-9,11,13,15,21H,3,5,10,12,14H2,1H3/t21-/m1/s1. The second-order valence-electron chi connectivity index (χ2n) is 8.13. The Morgan fingerprint density at radius 3 is 2.94 bits per heavy atom. The highest BCUT2D eigenvalue weighted by atomic mass is 32.1. The van der Waals surface area contributed by atoms with Crippen LogP contribution >= 0.6 is 11.3 Å². The number of halogens is 1. The normalized spacial score (nSPS) is 16.2. The molecule has 3 aromatic heterocycles. The van der Waals surface area contributed by atoms with Crippen molar-refractivity contribution < 1.29 is 13.6 Å². The third-order valence-corrected chi connectivity index (χ3v) is 6.93. The lowest BCUT2D eigenvalue weighted by atomic mass is 10.0. The molecule has 1 aromatic carbocycles. The molecule has 1 amide bonds. The van der Waals surface area contributed by atoms with Crippen LogP contribution < -0.4 is 0 Å². The minimum Gasteiger partial charge on any atom is -0.443 e. The molecular formula is C25H23FN4O2S. The monoisotopic (exact) mass is 462 g/mol. The number of piperidine rings is 1. The molecule has 0 radical (unpaired) electrons. The molecule has 1 aliphatic heterocycles. The van der Waals surface area contributed by atoms with Crippen molar-refractivity contribution in [2.24, 2.45) is 0 Å². The Morgan fingerprint density at radius 1 is 1.21 bits per heavy atom. The number of likely N-dealkylation sites (tertiary alicyclic amines) is 1. The van der Waals surface area contributed by atoms with Gasteiger partial charge in [-0.25, -0.2) is 14.4 Å². The number of amides is 1. The van der Waals surface area contributed by atoms with E-state index in [9.17, 15) is 9.18 Å². The summed E-state index contributed by atoms with van der Waals surface area (Å²) in [5.41, 5.74) is 2.28. The maximum Gasteiger partial charge on any atom is 0.266 e. The summed E-state index contributed by atoms with van der Waals surface area (Å²) in [4.78, 5) is 29.4. The van der Waals surface area contributed by atoms with E-state index in [1.807, 2.05) is 36.1 Å². The average molecular weight is 463 g/mol. The molecule has 1 aliphatic rings. The van der Waals surface area contributed by atoms with Gasteiger partial charge in [0.25, 0.3) is 5.91 Å². The van der Waals surface area contributed by atoms with Crippen LogP contribution in [0.1, 0.15) is 57.9 Å². The number of benzene rings is 1. The average Bonchev–Trinajstić information content (AvgIpc) is 3.46. The minimum absolute atomic E-state index is 0.0539. The van der Waals surface area contributed by atoms with E-state index in [2.05, 4.69) is 15.0 Å². The van der Waals surface area contributed by atoms with Gasteiger partial charge >= 0.3 is 0 Å². The van der Waals surface area contributed by atoms with Crippen molar-refractivity contribution in [3.8, 4) is 10.7 Å². The highest BCUT2D eigenvalue weighted by Gasteiger charge is 2.34. The van der Waals surface area contributed by atoms with Crippen LogP contribution in [-0.2, 0) is 6.42 Å². The molecule has 1 atom stereocenters. The lowest BCUT2D eigenvalue weighted by Crippen LogP contribution is -2.38. The number of pyridine rings is 1. The molecule has 1 fully saturated rings. The summed E-state index contributed by atoms with van der Waals surface area (Å²) in [5, 5.41) is 0.735. The molecule has 5 rings (SSSR count). The van der Waals surface area contributed by atoms with Gasteiger partial charge in [-0.3, -0.25) is 9.78 Å². The maximum absolute atomic E-state index is 13.5. The molecule has 1 saturated heterocycles. The van der Waals surface area contributed by atoms with Crippen molar-refractivity contribution in [3.63, 3.8) is 0 Å². The van der Waals surface area contributed by atoms with Gasteiger partial charge in [0.05, 0.1) is 17.6 Å². The molecule has 0 unspecified atom stereocenters. The van der Waals surface area contributed by atoms with E-state index in [1.165, 1.54) is 23.5 Å². The predicted molar refractivity (Wildman–Crippen MR) is 123 cm³/mol. The number of hydrogen-bond acceptors (Lipinski definition) is 6. The van der Waals surface area contributed by atoms with Crippen LogP contribution in [0.3, 0.4) is 0 Å². The Morgan fingerprint density at radius 2 is 2.12 bits per heavy atom. The molecule has 8 heteroatoms. The van der Waals surface area contributed by atoms with Gasteiger partial charge in [-0.1, -0.05) is 18.2 Å². The van der Waals surface area contributed by atoms with E-state index < -0.39 is 0 Å². The van der Waals surface area contributed by atoms with Gasteiger partial charge in [0.1, 0.15) is 27.5 Å². The van der Waals surface area contributed by atoms with Gasteiger partial charge < -0.3 is 9.32 Å². The Labute approximate surface area is 195 Å².